The summed E-state index contributed by atoms with van der Waals surface area (Å²) in [6.07, 6.45) is 0.590. The van der Waals surface area contributed by atoms with E-state index < -0.39 is 5.97 Å². The van der Waals surface area contributed by atoms with E-state index in [9.17, 15) is 9.59 Å². The smallest absolute Gasteiger partial charge is 0.308 e. The van der Waals surface area contributed by atoms with Crippen LogP contribution in [-0.2, 0) is 4.79 Å². The zero-order valence-electron chi connectivity index (χ0n) is 8.93. The zero-order chi connectivity index (χ0) is 11.7. The van der Waals surface area contributed by atoms with Gasteiger partial charge < -0.3 is 10.0 Å². The summed E-state index contributed by atoms with van der Waals surface area (Å²) in [4.78, 5) is 30.6. The third-order valence-electron chi connectivity index (χ3n) is 2.69. The lowest BCUT2D eigenvalue weighted by molar-refractivity contribution is -0.140. The van der Waals surface area contributed by atoms with Crippen molar-refractivity contribution in [3.8, 4) is 0 Å². The molecule has 1 aromatic heterocycles. The van der Waals surface area contributed by atoms with Crippen molar-refractivity contribution in [1.29, 1.82) is 0 Å². The Bertz CT molecular complexity index is 469. The number of carboxylic acids is 1. The summed E-state index contributed by atoms with van der Waals surface area (Å²) >= 11 is 0. The van der Waals surface area contributed by atoms with E-state index in [-0.39, 0.29) is 11.5 Å². The lowest BCUT2D eigenvalue weighted by Gasteiger charge is -2.16. The molecule has 0 aromatic carbocycles. The van der Waals surface area contributed by atoms with Gasteiger partial charge in [-0.2, -0.15) is 0 Å². The monoisotopic (exact) mass is 223 g/mol. The molecule has 1 fully saturated rings. The maximum absolute atomic E-state index is 11.2. The molecule has 6 heteroatoms. The fourth-order valence-corrected chi connectivity index (χ4v) is 1.87. The Morgan fingerprint density at radius 3 is 3.00 bits per heavy atom. The van der Waals surface area contributed by atoms with Crippen LogP contribution in [0, 0.1) is 12.8 Å². The van der Waals surface area contributed by atoms with E-state index in [1.807, 2.05) is 0 Å². The fourth-order valence-electron chi connectivity index (χ4n) is 1.87. The molecule has 1 aromatic rings. The average Bonchev–Trinajstić information content (AvgIpc) is 2.64. The first-order valence-corrected chi connectivity index (χ1v) is 5.12. The van der Waals surface area contributed by atoms with Crippen LogP contribution in [0.5, 0.6) is 0 Å². The summed E-state index contributed by atoms with van der Waals surface area (Å²) in [6.45, 7) is 2.76. The number of nitrogens with one attached hydrogen (secondary N) is 1. The van der Waals surface area contributed by atoms with Crippen LogP contribution in [0.3, 0.4) is 0 Å². The van der Waals surface area contributed by atoms with Crippen LogP contribution in [0.1, 0.15) is 12.1 Å². The summed E-state index contributed by atoms with van der Waals surface area (Å²) in [7, 11) is 0. The molecule has 0 amide bonds. The molecule has 2 rings (SSSR count). The van der Waals surface area contributed by atoms with Gasteiger partial charge in [0.1, 0.15) is 0 Å². The number of anilines is 1. The van der Waals surface area contributed by atoms with E-state index >= 15 is 0 Å². The highest BCUT2D eigenvalue weighted by molar-refractivity contribution is 5.71. The van der Waals surface area contributed by atoms with Gasteiger partial charge in [0.25, 0.3) is 5.56 Å². The number of hydrogen-bond acceptors (Lipinski definition) is 4. The Labute approximate surface area is 91.9 Å². The largest absolute Gasteiger partial charge is 0.481 e. The number of H-pyrrole nitrogens is 1. The second kappa shape index (κ2) is 3.96. The molecule has 0 aliphatic carbocycles. The number of aromatic nitrogens is 2. The molecule has 0 unspecified atom stereocenters. The minimum absolute atomic E-state index is 0.207. The minimum atomic E-state index is -0.794. The standard InChI is InChI=1S/C10H13N3O3/c1-6-4-8(14)12-10(11-6)13-3-2-7(5-13)9(15)16/h4,7H,2-3,5H2,1H3,(H,15,16)(H,11,12,14)/t7-/m0/s1. The second-order valence-electron chi connectivity index (χ2n) is 3.98. The van der Waals surface area contributed by atoms with E-state index in [2.05, 4.69) is 9.97 Å². The van der Waals surface area contributed by atoms with Crippen LogP contribution in [0.4, 0.5) is 5.95 Å². The summed E-state index contributed by atoms with van der Waals surface area (Å²) in [5, 5.41) is 8.87. The number of carbonyl (C=O) groups is 1. The van der Waals surface area contributed by atoms with Gasteiger partial charge in [-0.05, 0) is 13.3 Å². The minimum Gasteiger partial charge on any atom is -0.481 e. The van der Waals surface area contributed by atoms with Gasteiger partial charge in [-0.15, -0.1) is 0 Å². The first-order chi connectivity index (χ1) is 7.56. The number of nitrogens with zero attached hydrogens (tertiary/aromatic N) is 2. The highest BCUT2D eigenvalue weighted by Crippen LogP contribution is 2.19. The SMILES string of the molecule is Cc1cc(=O)[nH]c(N2CC[C@H](C(=O)O)C2)n1. The van der Waals surface area contributed by atoms with Gasteiger partial charge in [0.05, 0.1) is 5.92 Å². The van der Waals surface area contributed by atoms with Crippen molar-refractivity contribution in [3.05, 3.63) is 22.1 Å². The number of aliphatic carboxylic acids is 1. The maximum atomic E-state index is 11.2. The van der Waals surface area contributed by atoms with E-state index in [1.165, 1.54) is 6.07 Å². The van der Waals surface area contributed by atoms with Crippen LogP contribution < -0.4 is 10.5 Å². The van der Waals surface area contributed by atoms with Crippen LogP contribution in [0.15, 0.2) is 10.9 Å². The van der Waals surface area contributed by atoms with Crippen LogP contribution in [0.25, 0.3) is 0 Å². The molecule has 2 heterocycles. The highest BCUT2D eigenvalue weighted by Gasteiger charge is 2.29. The molecular formula is C10H13N3O3. The summed E-state index contributed by atoms with van der Waals surface area (Å²) < 4.78 is 0. The van der Waals surface area contributed by atoms with Crippen molar-refractivity contribution in [1.82, 2.24) is 9.97 Å². The molecule has 0 bridgehead atoms. The Balaban J connectivity index is 2.20. The third kappa shape index (κ3) is 2.05. The first-order valence-electron chi connectivity index (χ1n) is 5.12. The van der Waals surface area contributed by atoms with E-state index in [0.29, 0.717) is 31.2 Å². The van der Waals surface area contributed by atoms with Crippen molar-refractivity contribution in [2.45, 2.75) is 13.3 Å². The van der Waals surface area contributed by atoms with Crippen molar-refractivity contribution in [3.63, 3.8) is 0 Å². The number of rotatable bonds is 2. The van der Waals surface area contributed by atoms with Gasteiger partial charge >= 0.3 is 5.97 Å². The number of aryl methyl sites for hydroxylation is 1. The lowest BCUT2D eigenvalue weighted by Crippen LogP contribution is -2.26. The molecule has 1 saturated heterocycles. The van der Waals surface area contributed by atoms with Crippen molar-refractivity contribution < 1.29 is 9.90 Å². The van der Waals surface area contributed by atoms with Crippen molar-refractivity contribution >= 4 is 11.9 Å². The van der Waals surface area contributed by atoms with Gasteiger partial charge in [-0.3, -0.25) is 14.6 Å². The van der Waals surface area contributed by atoms with Crippen LogP contribution >= 0.6 is 0 Å². The summed E-state index contributed by atoms with van der Waals surface area (Å²) in [5.41, 5.74) is 0.429. The quantitative estimate of drug-likeness (QED) is 0.736. The third-order valence-corrected chi connectivity index (χ3v) is 2.69. The van der Waals surface area contributed by atoms with Gasteiger partial charge in [0.2, 0.25) is 5.95 Å². The normalized spacial score (nSPS) is 20.1. The fraction of sp³-hybridized carbons (Fsp3) is 0.500. The molecule has 1 aliphatic heterocycles. The van der Waals surface area contributed by atoms with Crippen molar-refractivity contribution in [2.75, 3.05) is 18.0 Å². The molecule has 86 valence electrons. The lowest BCUT2D eigenvalue weighted by atomic mass is 10.1. The molecule has 0 radical (unpaired) electrons. The summed E-state index contributed by atoms with van der Waals surface area (Å²) in [6, 6.07) is 1.41. The molecule has 2 N–H and O–H groups in total. The Morgan fingerprint density at radius 1 is 1.69 bits per heavy atom. The summed E-state index contributed by atoms with van der Waals surface area (Å²) in [5.74, 6) is -0.697. The highest BCUT2D eigenvalue weighted by atomic mass is 16.4. The molecule has 6 nitrogen and oxygen atoms in total. The Kier molecular flexibility index (Phi) is 2.64. The van der Waals surface area contributed by atoms with E-state index in [4.69, 9.17) is 5.11 Å². The molecule has 0 spiro atoms. The Hall–Kier alpha value is -1.85. The van der Waals surface area contributed by atoms with Gasteiger partial charge in [0.15, 0.2) is 0 Å². The van der Waals surface area contributed by atoms with Crippen LogP contribution in [0.2, 0.25) is 0 Å². The Morgan fingerprint density at radius 2 is 2.44 bits per heavy atom. The van der Waals surface area contributed by atoms with Crippen molar-refractivity contribution in [2.24, 2.45) is 5.92 Å². The number of hydrogen-bond donors (Lipinski definition) is 2. The average molecular weight is 223 g/mol. The number of aromatic amines is 1. The van der Waals surface area contributed by atoms with Crippen LogP contribution in [-0.4, -0.2) is 34.1 Å². The van der Waals surface area contributed by atoms with Gasteiger partial charge in [0, 0.05) is 24.8 Å². The molecule has 1 atom stereocenters. The van der Waals surface area contributed by atoms with Gasteiger partial charge in [-0.1, -0.05) is 0 Å². The topological polar surface area (TPSA) is 86.3 Å². The maximum Gasteiger partial charge on any atom is 0.308 e. The number of carboxylic acid groups (broad SMARTS) is 1. The molecule has 1 aliphatic rings. The predicted molar refractivity (Wildman–Crippen MR) is 57.6 cm³/mol. The predicted octanol–water partition coefficient (Wildman–Crippen LogP) is -0.0108. The zero-order valence-corrected chi connectivity index (χ0v) is 8.93. The van der Waals surface area contributed by atoms with E-state index in [0.717, 1.165) is 0 Å². The second-order valence-corrected chi connectivity index (χ2v) is 3.98. The van der Waals surface area contributed by atoms with Gasteiger partial charge in [-0.25, -0.2) is 4.98 Å². The molecule has 0 saturated carbocycles. The first kappa shape index (κ1) is 10.7. The molecule has 16 heavy (non-hydrogen) atoms. The van der Waals surface area contributed by atoms with E-state index in [1.54, 1.807) is 11.8 Å². The molecular weight excluding hydrogens is 210 g/mol.